The van der Waals surface area contributed by atoms with Crippen molar-refractivity contribution in [1.29, 1.82) is 0 Å². The Labute approximate surface area is 131 Å². The second-order valence-electron chi connectivity index (χ2n) is 5.51. The highest BCUT2D eigenvalue weighted by Gasteiger charge is 2.28. The number of nitrogens with zero attached hydrogens (tertiary/aromatic N) is 2. The Balaban J connectivity index is 2.05. The third-order valence-electron chi connectivity index (χ3n) is 4.02. The van der Waals surface area contributed by atoms with E-state index >= 15 is 0 Å². The lowest BCUT2D eigenvalue weighted by Crippen LogP contribution is -2.53. The van der Waals surface area contributed by atoms with Gasteiger partial charge in [-0.1, -0.05) is 6.92 Å². The first-order chi connectivity index (χ1) is 10.6. The van der Waals surface area contributed by atoms with Crippen LogP contribution in [0.4, 0.5) is 0 Å². The van der Waals surface area contributed by atoms with Crippen LogP contribution in [0, 0.1) is 13.8 Å². The SMILES string of the molecule is CCN1CCOCC1C(=O)NCc1c(C)cc(C)nc1OC. The van der Waals surface area contributed by atoms with Crippen LogP contribution in [-0.2, 0) is 16.1 Å². The second-order valence-corrected chi connectivity index (χ2v) is 5.51. The molecule has 1 saturated heterocycles. The summed E-state index contributed by atoms with van der Waals surface area (Å²) in [6.45, 7) is 9.17. The fraction of sp³-hybridized carbons (Fsp3) is 0.625. The summed E-state index contributed by atoms with van der Waals surface area (Å²) >= 11 is 0. The highest BCUT2D eigenvalue weighted by molar-refractivity contribution is 5.82. The summed E-state index contributed by atoms with van der Waals surface area (Å²) in [6, 6.07) is 1.77. The van der Waals surface area contributed by atoms with Gasteiger partial charge in [0.05, 0.1) is 20.3 Å². The standard InChI is InChI=1S/C16H25N3O3/c1-5-19-6-7-22-10-14(19)15(20)17-9-13-11(2)8-12(3)18-16(13)21-4/h8,14H,5-7,9-10H2,1-4H3,(H,17,20). The number of hydrogen-bond acceptors (Lipinski definition) is 5. The van der Waals surface area contributed by atoms with Gasteiger partial charge in [0.25, 0.3) is 0 Å². The van der Waals surface area contributed by atoms with Crippen molar-refractivity contribution in [2.45, 2.75) is 33.4 Å². The number of carbonyl (C=O) groups is 1. The highest BCUT2D eigenvalue weighted by atomic mass is 16.5. The van der Waals surface area contributed by atoms with Gasteiger partial charge in [-0.3, -0.25) is 9.69 Å². The van der Waals surface area contributed by atoms with E-state index in [9.17, 15) is 4.79 Å². The maximum Gasteiger partial charge on any atom is 0.240 e. The molecule has 1 aliphatic heterocycles. The molecule has 22 heavy (non-hydrogen) atoms. The zero-order valence-corrected chi connectivity index (χ0v) is 13.8. The number of amides is 1. The fourth-order valence-corrected chi connectivity index (χ4v) is 2.76. The largest absolute Gasteiger partial charge is 0.481 e. The third-order valence-corrected chi connectivity index (χ3v) is 4.02. The van der Waals surface area contributed by atoms with Crippen molar-refractivity contribution < 1.29 is 14.3 Å². The van der Waals surface area contributed by atoms with Crippen LogP contribution < -0.4 is 10.1 Å². The minimum absolute atomic E-state index is 0.0106. The molecule has 1 atom stereocenters. The lowest BCUT2D eigenvalue weighted by molar-refractivity contribution is -0.132. The van der Waals surface area contributed by atoms with Crippen molar-refractivity contribution in [2.75, 3.05) is 33.4 Å². The average molecular weight is 307 g/mol. The Bertz CT molecular complexity index is 534. The van der Waals surface area contributed by atoms with Crippen molar-refractivity contribution in [3.8, 4) is 5.88 Å². The molecule has 2 rings (SSSR count). The molecule has 6 heteroatoms. The average Bonchev–Trinajstić information content (AvgIpc) is 2.52. The minimum Gasteiger partial charge on any atom is -0.481 e. The number of pyridine rings is 1. The molecule has 0 spiro atoms. The van der Waals surface area contributed by atoms with E-state index in [1.54, 1.807) is 7.11 Å². The van der Waals surface area contributed by atoms with Gasteiger partial charge in [-0.15, -0.1) is 0 Å². The molecule has 0 radical (unpaired) electrons. The number of morpholine rings is 1. The van der Waals surface area contributed by atoms with Gasteiger partial charge in [-0.05, 0) is 32.0 Å². The van der Waals surface area contributed by atoms with E-state index in [2.05, 4.69) is 22.1 Å². The predicted molar refractivity (Wildman–Crippen MR) is 84.0 cm³/mol. The second kappa shape index (κ2) is 7.56. The summed E-state index contributed by atoms with van der Waals surface area (Å²) in [7, 11) is 1.60. The Morgan fingerprint density at radius 3 is 3.00 bits per heavy atom. The summed E-state index contributed by atoms with van der Waals surface area (Å²) < 4.78 is 10.8. The van der Waals surface area contributed by atoms with Crippen molar-refractivity contribution in [1.82, 2.24) is 15.2 Å². The summed E-state index contributed by atoms with van der Waals surface area (Å²) in [5.74, 6) is 0.564. The molecule has 1 aliphatic rings. The summed E-state index contributed by atoms with van der Waals surface area (Å²) in [6.07, 6.45) is 0. The topological polar surface area (TPSA) is 63.7 Å². The van der Waals surface area contributed by atoms with E-state index in [4.69, 9.17) is 9.47 Å². The quantitative estimate of drug-likeness (QED) is 0.881. The van der Waals surface area contributed by atoms with Crippen LogP contribution in [-0.4, -0.2) is 55.2 Å². The molecule has 0 bridgehead atoms. The third kappa shape index (κ3) is 3.75. The number of aryl methyl sites for hydroxylation is 2. The molecule has 0 aromatic carbocycles. The first kappa shape index (κ1) is 16.7. The van der Waals surface area contributed by atoms with Crippen LogP contribution in [0.25, 0.3) is 0 Å². The highest BCUT2D eigenvalue weighted by Crippen LogP contribution is 2.20. The summed E-state index contributed by atoms with van der Waals surface area (Å²) in [4.78, 5) is 18.9. The molecule has 1 N–H and O–H groups in total. The molecule has 0 aliphatic carbocycles. The molecular formula is C16H25N3O3. The number of likely N-dealkylation sites (N-methyl/N-ethyl adjacent to an activating group) is 1. The Hall–Kier alpha value is -1.66. The molecule has 1 unspecified atom stereocenters. The van der Waals surface area contributed by atoms with Gasteiger partial charge in [0.2, 0.25) is 11.8 Å². The number of nitrogens with one attached hydrogen (secondary N) is 1. The Kier molecular flexibility index (Phi) is 5.74. The van der Waals surface area contributed by atoms with Crippen LogP contribution in [0.5, 0.6) is 5.88 Å². The molecule has 0 saturated carbocycles. The van der Waals surface area contributed by atoms with Gasteiger partial charge in [0.1, 0.15) is 6.04 Å². The molecule has 1 aromatic rings. The van der Waals surface area contributed by atoms with Crippen LogP contribution in [0.1, 0.15) is 23.7 Å². The molecule has 6 nitrogen and oxygen atoms in total. The van der Waals surface area contributed by atoms with Gasteiger partial charge in [0.15, 0.2) is 0 Å². The maximum atomic E-state index is 12.4. The van der Waals surface area contributed by atoms with Crippen LogP contribution in [0.15, 0.2) is 6.07 Å². The predicted octanol–water partition coefficient (Wildman–Crippen LogP) is 1.04. The van der Waals surface area contributed by atoms with E-state index < -0.39 is 0 Å². The molecule has 1 fully saturated rings. The zero-order chi connectivity index (χ0) is 16.1. The van der Waals surface area contributed by atoms with Crippen molar-refractivity contribution >= 4 is 5.91 Å². The van der Waals surface area contributed by atoms with Crippen molar-refractivity contribution in [2.24, 2.45) is 0 Å². The summed E-state index contributed by atoms with van der Waals surface area (Å²) in [5, 5.41) is 2.99. The maximum absolute atomic E-state index is 12.4. The molecular weight excluding hydrogens is 282 g/mol. The Morgan fingerprint density at radius 1 is 1.55 bits per heavy atom. The number of rotatable bonds is 5. The van der Waals surface area contributed by atoms with Gasteiger partial charge in [0, 0.05) is 24.3 Å². The van der Waals surface area contributed by atoms with E-state index in [-0.39, 0.29) is 11.9 Å². The van der Waals surface area contributed by atoms with Crippen molar-refractivity contribution in [3.63, 3.8) is 0 Å². The molecule has 2 heterocycles. The van der Waals surface area contributed by atoms with Crippen LogP contribution in [0.3, 0.4) is 0 Å². The normalized spacial score (nSPS) is 19.0. The number of ether oxygens (including phenoxy) is 2. The number of aromatic nitrogens is 1. The smallest absolute Gasteiger partial charge is 0.240 e. The lowest BCUT2D eigenvalue weighted by atomic mass is 10.1. The first-order valence-corrected chi connectivity index (χ1v) is 7.67. The zero-order valence-electron chi connectivity index (χ0n) is 13.8. The number of methoxy groups -OCH3 is 1. The van der Waals surface area contributed by atoms with Gasteiger partial charge >= 0.3 is 0 Å². The van der Waals surface area contributed by atoms with Crippen LogP contribution >= 0.6 is 0 Å². The van der Waals surface area contributed by atoms with Crippen molar-refractivity contribution in [3.05, 3.63) is 22.9 Å². The van der Waals surface area contributed by atoms with E-state index in [1.165, 1.54) is 0 Å². The van der Waals surface area contributed by atoms with E-state index in [1.807, 2.05) is 19.9 Å². The number of carbonyl (C=O) groups excluding carboxylic acids is 1. The van der Waals surface area contributed by atoms with Gasteiger partial charge < -0.3 is 14.8 Å². The lowest BCUT2D eigenvalue weighted by Gasteiger charge is -2.33. The summed E-state index contributed by atoms with van der Waals surface area (Å²) in [5.41, 5.74) is 2.89. The van der Waals surface area contributed by atoms with E-state index in [0.717, 1.165) is 29.9 Å². The van der Waals surface area contributed by atoms with Gasteiger partial charge in [-0.2, -0.15) is 0 Å². The monoisotopic (exact) mass is 307 g/mol. The first-order valence-electron chi connectivity index (χ1n) is 7.67. The minimum atomic E-state index is -0.219. The van der Waals surface area contributed by atoms with E-state index in [0.29, 0.717) is 25.6 Å². The fourth-order valence-electron chi connectivity index (χ4n) is 2.76. The van der Waals surface area contributed by atoms with Crippen LogP contribution in [0.2, 0.25) is 0 Å². The molecule has 122 valence electrons. The van der Waals surface area contributed by atoms with Gasteiger partial charge in [-0.25, -0.2) is 4.98 Å². The number of hydrogen-bond donors (Lipinski definition) is 1. The molecule has 1 amide bonds. The molecule has 1 aromatic heterocycles. The Morgan fingerprint density at radius 2 is 2.32 bits per heavy atom.